The molecule has 19 heavy (non-hydrogen) atoms. The predicted molar refractivity (Wildman–Crippen MR) is 64.7 cm³/mol. The van der Waals surface area contributed by atoms with E-state index in [-0.39, 0.29) is 12.5 Å². The van der Waals surface area contributed by atoms with Gasteiger partial charge in [-0.05, 0) is 17.7 Å². The quantitative estimate of drug-likeness (QED) is 0.809. The Bertz CT molecular complexity index is 638. The van der Waals surface area contributed by atoms with Crippen molar-refractivity contribution in [1.82, 2.24) is 4.98 Å². The van der Waals surface area contributed by atoms with Crippen LogP contribution in [0.5, 0.6) is 5.88 Å². The van der Waals surface area contributed by atoms with Crippen LogP contribution in [-0.2, 0) is 6.61 Å². The Morgan fingerprint density at radius 2 is 1.89 bits per heavy atom. The van der Waals surface area contributed by atoms with Gasteiger partial charge in [-0.25, -0.2) is 8.78 Å². The molecule has 2 aromatic rings. The zero-order valence-electron chi connectivity index (χ0n) is 9.53. The lowest BCUT2D eigenvalue weighted by Crippen LogP contribution is -2.01. The van der Waals surface area contributed by atoms with Crippen molar-refractivity contribution in [3.8, 4) is 11.9 Å². The molecule has 0 amide bonds. The third-order valence-corrected chi connectivity index (χ3v) is 2.58. The maximum absolute atomic E-state index is 13.3. The van der Waals surface area contributed by atoms with Crippen molar-refractivity contribution in [2.24, 2.45) is 0 Å². The highest BCUT2D eigenvalue weighted by Crippen LogP contribution is 2.21. The molecule has 0 N–H and O–H groups in total. The molecular weight excluding hydrogens is 274 g/mol. The number of hydrogen-bond acceptors (Lipinski definition) is 3. The summed E-state index contributed by atoms with van der Waals surface area (Å²) in [5, 5.41) is 8.19. The number of halogens is 3. The molecule has 2 rings (SSSR count). The average Bonchev–Trinajstić information content (AvgIpc) is 2.42. The Hall–Kier alpha value is -2.19. The molecular formula is C13H7ClF2N2O. The van der Waals surface area contributed by atoms with Crippen molar-refractivity contribution in [3.63, 3.8) is 0 Å². The first-order chi connectivity index (χ1) is 9.10. The standard InChI is InChI=1S/C13H7ClF2N2O/c14-12-10(15)5-11(16)13(18-12)19-7-9-3-1-8(6-17)2-4-9/h1-5H,7H2. The normalized spacial score (nSPS) is 10.0. The lowest BCUT2D eigenvalue weighted by atomic mass is 10.2. The average molecular weight is 281 g/mol. The summed E-state index contributed by atoms with van der Waals surface area (Å²) in [6.07, 6.45) is 0. The molecule has 0 spiro atoms. The van der Waals surface area contributed by atoms with E-state index in [0.29, 0.717) is 11.6 Å². The maximum atomic E-state index is 13.3. The summed E-state index contributed by atoms with van der Waals surface area (Å²) in [6.45, 7) is 0.0393. The second-order valence-corrected chi connectivity index (χ2v) is 4.00. The van der Waals surface area contributed by atoms with Crippen LogP contribution in [0.25, 0.3) is 0 Å². The van der Waals surface area contributed by atoms with Crippen molar-refractivity contribution in [2.75, 3.05) is 0 Å². The Morgan fingerprint density at radius 1 is 1.21 bits per heavy atom. The zero-order valence-corrected chi connectivity index (χ0v) is 10.3. The molecule has 0 atom stereocenters. The second kappa shape index (κ2) is 5.63. The van der Waals surface area contributed by atoms with Gasteiger partial charge in [-0.2, -0.15) is 10.2 Å². The van der Waals surface area contributed by atoms with E-state index >= 15 is 0 Å². The molecule has 6 heteroatoms. The third kappa shape index (κ3) is 3.18. The summed E-state index contributed by atoms with van der Waals surface area (Å²) in [4.78, 5) is 3.46. The topological polar surface area (TPSA) is 45.9 Å². The summed E-state index contributed by atoms with van der Waals surface area (Å²) in [7, 11) is 0. The largest absolute Gasteiger partial charge is 0.471 e. The van der Waals surface area contributed by atoms with Crippen LogP contribution < -0.4 is 4.74 Å². The number of nitriles is 1. The zero-order chi connectivity index (χ0) is 13.8. The molecule has 0 fully saturated rings. The minimum absolute atomic E-state index is 0.0393. The third-order valence-electron chi connectivity index (χ3n) is 2.31. The lowest BCUT2D eigenvalue weighted by Gasteiger charge is -2.07. The molecule has 3 nitrogen and oxygen atoms in total. The maximum Gasteiger partial charge on any atom is 0.252 e. The summed E-state index contributed by atoms with van der Waals surface area (Å²) in [6, 6.07) is 9.15. The highest BCUT2D eigenvalue weighted by molar-refractivity contribution is 6.29. The number of aromatic nitrogens is 1. The Labute approximate surface area is 113 Å². The molecule has 0 aliphatic rings. The first-order valence-electron chi connectivity index (χ1n) is 5.23. The van der Waals surface area contributed by atoms with Gasteiger partial charge in [0.05, 0.1) is 11.6 Å². The number of benzene rings is 1. The summed E-state index contributed by atoms with van der Waals surface area (Å²) in [5.74, 6) is -2.23. The van der Waals surface area contributed by atoms with Crippen LogP contribution in [0.3, 0.4) is 0 Å². The number of pyridine rings is 1. The van der Waals surface area contributed by atoms with E-state index < -0.39 is 16.8 Å². The van der Waals surface area contributed by atoms with Gasteiger partial charge in [-0.1, -0.05) is 23.7 Å². The predicted octanol–water partition coefficient (Wildman–Crippen LogP) is 3.46. The molecule has 1 aromatic heterocycles. The fourth-order valence-electron chi connectivity index (χ4n) is 1.36. The van der Waals surface area contributed by atoms with Gasteiger partial charge in [-0.3, -0.25) is 0 Å². The highest BCUT2D eigenvalue weighted by atomic mass is 35.5. The molecule has 0 saturated carbocycles. The molecule has 0 radical (unpaired) electrons. The molecule has 0 bridgehead atoms. The lowest BCUT2D eigenvalue weighted by molar-refractivity contribution is 0.276. The van der Waals surface area contributed by atoms with E-state index in [1.807, 2.05) is 6.07 Å². The molecule has 96 valence electrons. The van der Waals surface area contributed by atoms with Gasteiger partial charge >= 0.3 is 0 Å². The van der Waals surface area contributed by atoms with E-state index in [1.165, 1.54) is 0 Å². The van der Waals surface area contributed by atoms with E-state index in [1.54, 1.807) is 24.3 Å². The molecule has 0 aliphatic carbocycles. The molecule has 0 aliphatic heterocycles. The van der Waals surface area contributed by atoms with E-state index in [4.69, 9.17) is 21.6 Å². The van der Waals surface area contributed by atoms with Crippen molar-refractivity contribution in [1.29, 1.82) is 5.26 Å². The molecule has 0 saturated heterocycles. The van der Waals surface area contributed by atoms with Crippen LogP contribution in [0, 0.1) is 23.0 Å². The number of rotatable bonds is 3. The fourth-order valence-corrected chi connectivity index (χ4v) is 1.49. The van der Waals surface area contributed by atoms with Crippen LogP contribution in [0.4, 0.5) is 8.78 Å². The van der Waals surface area contributed by atoms with Crippen LogP contribution in [-0.4, -0.2) is 4.98 Å². The van der Waals surface area contributed by atoms with Gasteiger partial charge in [0, 0.05) is 6.07 Å². The van der Waals surface area contributed by atoms with E-state index in [9.17, 15) is 8.78 Å². The van der Waals surface area contributed by atoms with Crippen LogP contribution in [0.15, 0.2) is 30.3 Å². The van der Waals surface area contributed by atoms with Crippen LogP contribution in [0.1, 0.15) is 11.1 Å². The van der Waals surface area contributed by atoms with Gasteiger partial charge in [0.1, 0.15) is 6.61 Å². The van der Waals surface area contributed by atoms with E-state index in [2.05, 4.69) is 4.98 Å². The van der Waals surface area contributed by atoms with Crippen molar-refractivity contribution >= 4 is 11.6 Å². The number of hydrogen-bond donors (Lipinski definition) is 0. The minimum Gasteiger partial charge on any atom is -0.471 e. The van der Waals surface area contributed by atoms with Gasteiger partial charge in [0.2, 0.25) is 0 Å². The van der Waals surface area contributed by atoms with Gasteiger partial charge < -0.3 is 4.74 Å². The monoisotopic (exact) mass is 280 g/mol. The summed E-state index contributed by atoms with van der Waals surface area (Å²) >= 11 is 5.44. The Balaban J connectivity index is 2.10. The van der Waals surface area contributed by atoms with Crippen LogP contribution >= 0.6 is 11.6 Å². The minimum atomic E-state index is -0.940. The van der Waals surface area contributed by atoms with Crippen molar-refractivity contribution in [3.05, 3.63) is 58.2 Å². The second-order valence-electron chi connectivity index (χ2n) is 3.65. The van der Waals surface area contributed by atoms with Crippen molar-refractivity contribution in [2.45, 2.75) is 6.61 Å². The Morgan fingerprint density at radius 3 is 2.53 bits per heavy atom. The number of nitrogens with zero attached hydrogens (tertiary/aromatic N) is 2. The Kier molecular flexibility index (Phi) is 3.93. The van der Waals surface area contributed by atoms with E-state index in [0.717, 1.165) is 5.56 Å². The first-order valence-corrected chi connectivity index (χ1v) is 5.61. The van der Waals surface area contributed by atoms with Gasteiger partial charge in [-0.15, -0.1) is 0 Å². The molecule has 1 aromatic carbocycles. The van der Waals surface area contributed by atoms with Gasteiger partial charge in [0.15, 0.2) is 16.8 Å². The SMILES string of the molecule is N#Cc1ccc(COc2nc(Cl)c(F)cc2F)cc1. The smallest absolute Gasteiger partial charge is 0.252 e. The highest BCUT2D eigenvalue weighted by Gasteiger charge is 2.11. The fraction of sp³-hybridized carbons (Fsp3) is 0.0769. The molecule has 1 heterocycles. The first kappa shape index (κ1) is 13.2. The van der Waals surface area contributed by atoms with Crippen LogP contribution in [0.2, 0.25) is 5.15 Å². The summed E-state index contributed by atoms with van der Waals surface area (Å²) < 4.78 is 31.3. The van der Waals surface area contributed by atoms with Gasteiger partial charge in [0.25, 0.3) is 5.88 Å². The molecule has 0 unspecified atom stereocenters. The summed E-state index contributed by atoms with van der Waals surface area (Å²) in [5.41, 5.74) is 1.23. The van der Waals surface area contributed by atoms with Crippen molar-refractivity contribution < 1.29 is 13.5 Å². The number of ether oxygens (including phenoxy) is 1.